The van der Waals surface area contributed by atoms with E-state index < -0.39 is 15.9 Å². The monoisotopic (exact) mass is 470 g/mol. The Morgan fingerprint density at radius 3 is 2.34 bits per heavy atom. The molecule has 0 spiro atoms. The molecule has 166 valence electrons. The third-order valence-electron chi connectivity index (χ3n) is 4.74. The zero-order chi connectivity index (χ0) is 23.3. The molecule has 0 fully saturated rings. The van der Waals surface area contributed by atoms with Gasteiger partial charge in [0.05, 0.1) is 34.8 Å². The van der Waals surface area contributed by atoms with Crippen molar-refractivity contribution in [1.82, 2.24) is 0 Å². The summed E-state index contributed by atoms with van der Waals surface area (Å²) in [7, 11) is -2.47. The highest BCUT2D eigenvalue weighted by atomic mass is 35.5. The first-order chi connectivity index (χ1) is 15.3. The second kappa shape index (κ2) is 9.89. The van der Waals surface area contributed by atoms with Crippen molar-refractivity contribution >= 4 is 38.9 Å². The van der Waals surface area contributed by atoms with Crippen LogP contribution in [0.5, 0.6) is 5.75 Å². The minimum atomic E-state index is -4.00. The minimum absolute atomic E-state index is 0.0438. The van der Waals surface area contributed by atoms with Crippen LogP contribution in [0.25, 0.3) is 0 Å². The van der Waals surface area contributed by atoms with Crippen LogP contribution in [0.2, 0.25) is 5.02 Å². The predicted octanol–water partition coefficient (Wildman–Crippen LogP) is 5.29. The van der Waals surface area contributed by atoms with Crippen molar-refractivity contribution in [2.24, 2.45) is 0 Å². The fourth-order valence-corrected chi connectivity index (χ4v) is 4.68. The van der Waals surface area contributed by atoms with Crippen LogP contribution in [0.4, 0.5) is 11.4 Å². The molecule has 0 unspecified atom stereocenters. The first kappa shape index (κ1) is 23.4. The number of anilines is 2. The number of benzene rings is 3. The van der Waals surface area contributed by atoms with Gasteiger partial charge in [-0.2, -0.15) is 0 Å². The van der Waals surface area contributed by atoms with E-state index >= 15 is 0 Å². The molecule has 8 heteroatoms. The number of nitrogens with one attached hydrogen (secondary N) is 1. The Hall–Kier alpha value is -3.29. The molecule has 0 bridgehead atoms. The van der Waals surface area contributed by atoms with E-state index in [1.54, 1.807) is 36.4 Å². The van der Waals surface area contributed by atoms with E-state index in [0.717, 1.165) is 5.56 Å². The van der Waals surface area contributed by atoms with Crippen molar-refractivity contribution in [3.05, 3.63) is 95.5 Å². The third-order valence-corrected chi connectivity index (χ3v) is 6.85. The molecule has 32 heavy (non-hydrogen) atoms. The van der Waals surface area contributed by atoms with Crippen molar-refractivity contribution in [2.75, 3.05) is 23.3 Å². The average molecular weight is 471 g/mol. The lowest BCUT2D eigenvalue weighted by Gasteiger charge is -2.23. The van der Waals surface area contributed by atoms with Gasteiger partial charge in [-0.05, 0) is 61.5 Å². The number of sulfonamides is 1. The fourth-order valence-electron chi connectivity index (χ4n) is 3.01. The lowest BCUT2D eigenvalue weighted by molar-refractivity contribution is 0.102. The molecule has 1 amide bonds. The number of aryl methyl sites for hydroxylation is 1. The van der Waals surface area contributed by atoms with Crippen molar-refractivity contribution in [2.45, 2.75) is 11.8 Å². The molecule has 1 N–H and O–H groups in total. The number of hydrogen-bond donors (Lipinski definition) is 1. The first-order valence-corrected chi connectivity index (χ1v) is 11.5. The van der Waals surface area contributed by atoms with Gasteiger partial charge in [0.1, 0.15) is 5.75 Å². The summed E-state index contributed by atoms with van der Waals surface area (Å²) >= 11 is 6.22. The quantitative estimate of drug-likeness (QED) is 0.454. The minimum Gasteiger partial charge on any atom is -0.497 e. The lowest BCUT2D eigenvalue weighted by atomic mass is 10.2. The normalized spacial score (nSPS) is 11.0. The van der Waals surface area contributed by atoms with Crippen LogP contribution in [0.15, 0.2) is 84.3 Å². The van der Waals surface area contributed by atoms with E-state index in [4.69, 9.17) is 16.3 Å². The van der Waals surface area contributed by atoms with Crippen LogP contribution in [0.1, 0.15) is 15.9 Å². The van der Waals surface area contributed by atoms with Gasteiger partial charge in [-0.15, -0.1) is 6.58 Å². The van der Waals surface area contributed by atoms with Crippen LogP contribution < -0.4 is 14.4 Å². The number of ether oxygens (including phenoxy) is 1. The van der Waals surface area contributed by atoms with Gasteiger partial charge in [0.2, 0.25) is 0 Å². The van der Waals surface area contributed by atoms with Gasteiger partial charge in [-0.25, -0.2) is 8.42 Å². The largest absolute Gasteiger partial charge is 0.497 e. The van der Waals surface area contributed by atoms with E-state index in [1.165, 1.54) is 35.7 Å². The fraction of sp³-hybridized carbons (Fsp3) is 0.125. The maximum absolute atomic E-state index is 13.4. The Labute approximate surface area is 193 Å². The summed E-state index contributed by atoms with van der Waals surface area (Å²) in [6.45, 7) is 5.65. The Morgan fingerprint density at radius 2 is 1.75 bits per heavy atom. The van der Waals surface area contributed by atoms with Gasteiger partial charge in [0.25, 0.3) is 15.9 Å². The standard InChI is InChI=1S/C24H23ClN2O4S/c1-4-15-27(19-9-11-20(31-3)12-10-19)32(29,30)21-13-14-23(25)22(16-21)24(28)26-18-7-5-17(2)6-8-18/h4-14,16H,1,15H2,2-3H3,(H,26,28). The molecule has 3 aromatic rings. The molecular weight excluding hydrogens is 448 g/mol. The van der Waals surface area contributed by atoms with Crippen molar-refractivity contribution < 1.29 is 17.9 Å². The smallest absolute Gasteiger partial charge is 0.264 e. The number of carbonyl (C=O) groups excluding carboxylic acids is 1. The van der Waals surface area contributed by atoms with Crippen LogP contribution in [0.3, 0.4) is 0 Å². The molecule has 6 nitrogen and oxygen atoms in total. The van der Waals surface area contributed by atoms with Gasteiger partial charge < -0.3 is 10.1 Å². The number of methoxy groups -OCH3 is 1. The lowest BCUT2D eigenvalue weighted by Crippen LogP contribution is -2.31. The topological polar surface area (TPSA) is 75.7 Å². The highest BCUT2D eigenvalue weighted by Crippen LogP contribution is 2.28. The maximum Gasteiger partial charge on any atom is 0.264 e. The molecule has 0 saturated heterocycles. The zero-order valence-corrected chi connectivity index (χ0v) is 19.3. The van der Waals surface area contributed by atoms with E-state index in [1.807, 2.05) is 19.1 Å². The summed E-state index contributed by atoms with van der Waals surface area (Å²) in [5.41, 5.74) is 2.12. The maximum atomic E-state index is 13.4. The first-order valence-electron chi connectivity index (χ1n) is 9.71. The zero-order valence-electron chi connectivity index (χ0n) is 17.7. The molecule has 3 aromatic carbocycles. The van der Waals surface area contributed by atoms with Gasteiger partial charge in [-0.3, -0.25) is 9.10 Å². The van der Waals surface area contributed by atoms with E-state index in [-0.39, 0.29) is 22.0 Å². The summed E-state index contributed by atoms with van der Waals surface area (Å²) in [4.78, 5) is 12.7. The molecule has 0 aliphatic rings. The van der Waals surface area contributed by atoms with E-state index in [9.17, 15) is 13.2 Å². The van der Waals surface area contributed by atoms with Crippen molar-refractivity contribution in [1.29, 1.82) is 0 Å². The summed E-state index contributed by atoms with van der Waals surface area (Å²) in [6, 6.07) is 17.9. The molecule has 3 rings (SSSR count). The molecule has 0 saturated carbocycles. The average Bonchev–Trinajstić information content (AvgIpc) is 2.79. The summed E-state index contributed by atoms with van der Waals surface area (Å²) in [5, 5.41) is 2.89. The Kier molecular flexibility index (Phi) is 7.22. The second-order valence-corrected chi connectivity index (χ2v) is 9.25. The van der Waals surface area contributed by atoms with Gasteiger partial charge in [0, 0.05) is 5.69 Å². The number of halogens is 1. The van der Waals surface area contributed by atoms with Crippen LogP contribution in [-0.2, 0) is 10.0 Å². The van der Waals surface area contributed by atoms with E-state index in [2.05, 4.69) is 11.9 Å². The van der Waals surface area contributed by atoms with E-state index in [0.29, 0.717) is 17.1 Å². The number of hydrogen-bond acceptors (Lipinski definition) is 4. The molecule has 0 aliphatic heterocycles. The Balaban J connectivity index is 1.96. The van der Waals surface area contributed by atoms with Crippen molar-refractivity contribution in [3.8, 4) is 5.75 Å². The van der Waals surface area contributed by atoms with Crippen molar-refractivity contribution in [3.63, 3.8) is 0 Å². The van der Waals surface area contributed by atoms with Crippen LogP contribution in [-0.4, -0.2) is 28.0 Å². The number of rotatable bonds is 8. The third kappa shape index (κ3) is 5.12. The van der Waals surface area contributed by atoms with Crippen LogP contribution >= 0.6 is 11.6 Å². The molecular formula is C24H23ClN2O4S. The molecule has 0 atom stereocenters. The summed E-state index contributed by atoms with van der Waals surface area (Å²) in [6.07, 6.45) is 1.49. The SMILES string of the molecule is C=CCN(c1ccc(OC)cc1)S(=O)(=O)c1ccc(Cl)c(C(=O)Nc2ccc(C)cc2)c1. The molecule has 0 aromatic heterocycles. The summed E-state index contributed by atoms with van der Waals surface area (Å²) < 4.78 is 33.2. The highest BCUT2D eigenvalue weighted by Gasteiger charge is 2.26. The van der Waals surface area contributed by atoms with Gasteiger partial charge >= 0.3 is 0 Å². The molecule has 0 radical (unpaired) electrons. The predicted molar refractivity (Wildman–Crippen MR) is 128 cm³/mol. The summed E-state index contributed by atoms with van der Waals surface area (Å²) in [5.74, 6) is 0.0990. The molecule has 0 heterocycles. The van der Waals surface area contributed by atoms with Gasteiger partial charge in [-0.1, -0.05) is 35.4 Å². The Bertz CT molecular complexity index is 1220. The number of nitrogens with zero attached hydrogens (tertiary/aromatic N) is 1. The van der Waals surface area contributed by atoms with Crippen LogP contribution in [0, 0.1) is 6.92 Å². The number of carbonyl (C=O) groups is 1. The Morgan fingerprint density at radius 1 is 1.09 bits per heavy atom. The van der Waals surface area contributed by atoms with Gasteiger partial charge in [0.15, 0.2) is 0 Å². The molecule has 0 aliphatic carbocycles. The number of amides is 1. The second-order valence-electron chi connectivity index (χ2n) is 6.98. The highest BCUT2D eigenvalue weighted by molar-refractivity contribution is 7.92.